The summed E-state index contributed by atoms with van der Waals surface area (Å²) in [6.45, 7) is 3.95. The van der Waals surface area contributed by atoms with E-state index in [0.717, 1.165) is 12.1 Å². The number of nitrogens with one attached hydrogen (secondary N) is 1. The lowest BCUT2D eigenvalue weighted by Crippen LogP contribution is -2.40. The first-order chi connectivity index (χ1) is 9.38. The molecule has 0 bridgehead atoms. The maximum Gasteiger partial charge on any atom is 0.305 e. The summed E-state index contributed by atoms with van der Waals surface area (Å²) in [6, 6.07) is 2.94. The second-order valence-corrected chi connectivity index (χ2v) is 4.86. The smallest absolute Gasteiger partial charge is 0.305 e. The lowest BCUT2D eigenvalue weighted by atomic mass is 9.93. The second kappa shape index (κ2) is 7.28. The molecule has 0 aromatic heterocycles. The molecule has 2 atom stereocenters. The first kappa shape index (κ1) is 16.5. The molecule has 0 saturated carbocycles. The van der Waals surface area contributed by atoms with Crippen LogP contribution in [0.4, 0.5) is 10.1 Å². The number of halogens is 1. The van der Waals surface area contributed by atoms with Crippen LogP contribution in [0.3, 0.4) is 0 Å². The first-order valence-electron chi connectivity index (χ1n) is 6.34. The van der Waals surface area contributed by atoms with Gasteiger partial charge in [0, 0.05) is 18.7 Å². The van der Waals surface area contributed by atoms with E-state index >= 15 is 0 Å². The van der Waals surface area contributed by atoms with Gasteiger partial charge in [0.2, 0.25) is 5.82 Å². The molecule has 1 aromatic rings. The Balaban J connectivity index is 3.02. The summed E-state index contributed by atoms with van der Waals surface area (Å²) in [5.74, 6) is -0.906. The molecule has 7 heteroatoms. The van der Waals surface area contributed by atoms with E-state index < -0.39 is 28.6 Å². The monoisotopic (exact) mass is 286 g/mol. The van der Waals surface area contributed by atoms with E-state index in [1.54, 1.807) is 0 Å². The summed E-state index contributed by atoms with van der Waals surface area (Å²) in [7, 11) is 0. The van der Waals surface area contributed by atoms with Crippen LogP contribution in [-0.2, 0) is 0 Å². The fourth-order valence-electron chi connectivity index (χ4n) is 2.00. The van der Waals surface area contributed by atoms with E-state index in [1.807, 2.05) is 13.8 Å². The van der Waals surface area contributed by atoms with Gasteiger partial charge in [0.1, 0.15) is 0 Å². The molecule has 0 heterocycles. The van der Waals surface area contributed by atoms with Gasteiger partial charge in [0.05, 0.1) is 17.6 Å². The Kier molecular flexibility index (Phi) is 6.00. The van der Waals surface area contributed by atoms with Gasteiger partial charge in [-0.2, -0.15) is 4.39 Å². The van der Waals surface area contributed by atoms with Gasteiger partial charge in [-0.3, -0.25) is 10.1 Å². The average molecular weight is 286 g/mol. The average Bonchev–Trinajstić information content (AvgIpc) is 2.38. The Hall–Kier alpha value is -1.57. The Morgan fingerprint density at radius 3 is 2.60 bits per heavy atom. The lowest BCUT2D eigenvalue weighted by molar-refractivity contribution is -0.387. The van der Waals surface area contributed by atoms with Crippen molar-refractivity contribution in [3.8, 4) is 0 Å². The van der Waals surface area contributed by atoms with Crippen molar-refractivity contribution in [3.05, 3.63) is 39.7 Å². The lowest BCUT2D eigenvalue weighted by Gasteiger charge is -2.27. The summed E-state index contributed by atoms with van der Waals surface area (Å²) in [4.78, 5) is 9.89. The summed E-state index contributed by atoms with van der Waals surface area (Å²) in [5, 5.41) is 32.8. The van der Waals surface area contributed by atoms with E-state index in [1.165, 1.54) is 6.07 Å². The molecule has 1 aromatic carbocycles. The van der Waals surface area contributed by atoms with E-state index in [0.29, 0.717) is 6.54 Å². The molecule has 112 valence electrons. The van der Waals surface area contributed by atoms with E-state index in [2.05, 4.69) is 5.32 Å². The van der Waals surface area contributed by atoms with Crippen molar-refractivity contribution in [2.75, 3.05) is 13.2 Å². The van der Waals surface area contributed by atoms with Crippen LogP contribution in [0.2, 0.25) is 0 Å². The highest BCUT2D eigenvalue weighted by Crippen LogP contribution is 2.26. The number of benzene rings is 1. The maximum absolute atomic E-state index is 13.3. The zero-order chi connectivity index (χ0) is 15.3. The molecular weight excluding hydrogens is 267 g/mol. The van der Waals surface area contributed by atoms with Crippen molar-refractivity contribution in [3.63, 3.8) is 0 Å². The SMILES string of the molecule is CC(C)C(NCCO)C(O)c1ccc(F)c([N+](=O)[O-])c1. The molecule has 3 N–H and O–H groups in total. The quantitative estimate of drug-likeness (QED) is 0.520. The summed E-state index contributed by atoms with van der Waals surface area (Å²) in [5.41, 5.74) is -0.395. The topological polar surface area (TPSA) is 95.6 Å². The van der Waals surface area contributed by atoms with Crippen LogP contribution in [0.15, 0.2) is 18.2 Å². The van der Waals surface area contributed by atoms with Crippen molar-refractivity contribution < 1.29 is 19.5 Å². The molecule has 0 amide bonds. The largest absolute Gasteiger partial charge is 0.395 e. The minimum Gasteiger partial charge on any atom is -0.395 e. The van der Waals surface area contributed by atoms with Gasteiger partial charge in [0.25, 0.3) is 0 Å². The number of aliphatic hydroxyl groups is 2. The number of nitro benzene ring substituents is 1. The van der Waals surface area contributed by atoms with Gasteiger partial charge in [-0.05, 0) is 17.5 Å². The zero-order valence-corrected chi connectivity index (χ0v) is 11.4. The third-order valence-electron chi connectivity index (χ3n) is 3.06. The first-order valence-corrected chi connectivity index (χ1v) is 6.34. The van der Waals surface area contributed by atoms with Crippen LogP contribution in [0, 0.1) is 21.8 Å². The van der Waals surface area contributed by atoms with Crippen LogP contribution in [0.5, 0.6) is 0 Å². The minimum absolute atomic E-state index is 0.0284. The van der Waals surface area contributed by atoms with Gasteiger partial charge in [0.15, 0.2) is 0 Å². The van der Waals surface area contributed by atoms with Gasteiger partial charge >= 0.3 is 5.69 Å². The molecule has 2 unspecified atom stereocenters. The number of hydrogen-bond acceptors (Lipinski definition) is 5. The summed E-state index contributed by atoms with van der Waals surface area (Å²) < 4.78 is 13.3. The number of nitro groups is 1. The molecule has 0 radical (unpaired) electrons. The molecule has 0 aliphatic carbocycles. The van der Waals surface area contributed by atoms with E-state index in [4.69, 9.17) is 5.11 Å². The van der Waals surface area contributed by atoms with Crippen LogP contribution in [0.1, 0.15) is 25.5 Å². The maximum atomic E-state index is 13.3. The standard InChI is InChI=1S/C13H19FN2O4/c1-8(2)12(15-5-6-17)13(18)9-3-4-10(14)11(7-9)16(19)20/h3-4,7-8,12-13,15,17-18H,5-6H2,1-2H3. The third kappa shape index (κ3) is 3.96. The van der Waals surface area contributed by atoms with Gasteiger partial charge in [-0.25, -0.2) is 0 Å². The van der Waals surface area contributed by atoms with Crippen molar-refractivity contribution in [2.45, 2.75) is 26.0 Å². The minimum atomic E-state index is -1.03. The molecule has 0 saturated heterocycles. The van der Waals surface area contributed by atoms with E-state index in [9.17, 15) is 19.6 Å². The Morgan fingerprint density at radius 2 is 2.10 bits per heavy atom. The molecule has 0 aliphatic rings. The highest BCUT2D eigenvalue weighted by molar-refractivity contribution is 5.37. The van der Waals surface area contributed by atoms with Crippen LogP contribution < -0.4 is 5.32 Å². The predicted molar refractivity (Wildman–Crippen MR) is 71.7 cm³/mol. The highest BCUT2D eigenvalue weighted by Gasteiger charge is 2.26. The third-order valence-corrected chi connectivity index (χ3v) is 3.06. The predicted octanol–water partition coefficient (Wildman–Crippen LogP) is 1.37. The summed E-state index contributed by atoms with van der Waals surface area (Å²) in [6.07, 6.45) is -1.03. The van der Waals surface area contributed by atoms with Gasteiger partial charge < -0.3 is 15.5 Å². The number of rotatable bonds is 7. The fourth-order valence-corrected chi connectivity index (χ4v) is 2.00. The van der Waals surface area contributed by atoms with Gasteiger partial charge in [-0.15, -0.1) is 0 Å². The Bertz CT molecular complexity index is 468. The molecule has 0 aliphatic heterocycles. The highest BCUT2D eigenvalue weighted by atomic mass is 19.1. The number of aliphatic hydroxyl groups excluding tert-OH is 2. The number of nitrogens with zero attached hydrogens (tertiary/aromatic N) is 1. The number of hydrogen-bond donors (Lipinski definition) is 3. The fraction of sp³-hybridized carbons (Fsp3) is 0.538. The van der Waals surface area contributed by atoms with Crippen LogP contribution in [-0.4, -0.2) is 34.3 Å². The Morgan fingerprint density at radius 1 is 1.45 bits per heavy atom. The van der Waals surface area contributed by atoms with E-state index in [-0.39, 0.29) is 18.1 Å². The second-order valence-electron chi connectivity index (χ2n) is 4.86. The summed E-state index contributed by atoms with van der Waals surface area (Å²) >= 11 is 0. The molecule has 1 rings (SSSR count). The zero-order valence-electron chi connectivity index (χ0n) is 11.4. The van der Waals surface area contributed by atoms with Crippen molar-refractivity contribution in [1.82, 2.24) is 5.32 Å². The normalized spacial score (nSPS) is 14.3. The molecule has 20 heavy (non-hydrogen) atoms. The molecule has 0 fully saturated rings. The van der Waals surface area contributed by atoms with Crippen LogP contribution in [0.25, 0.3) is 0 Å². The molecular formula is C13H19FN2O4. The van der Waals surface area contributed by atoms with Crippen molar-refractivity contribution >= 4 is 5.69 Å². The van der Waals surface area contributed by atoms with Crippen LogP contribution >= 0.6 is 0 Å². The van der Waals surface area contributed by atoms with Crippen molar-refractivity contribution in [2.24, 2.45) is 5.92 Å². The van der Waals surface area contributed by atoms with Gasteiger partial charge in [-0.1, -0.05) is 19.9 Å². The Labute approximate surface area is 116 Å². The molecule has 6 nitrogen and oxygen atoms in total. The molecule has 0 spiro atoms. The van der Waals surface area contributed by atoms with Crippen molar-refractivity contribution in [1.29, 1.82) is 0 Å².